The fourth-order valence-electron chi connectivity index (χ4n) is 3.83. The number of hydrogen-bond donors (Lipinski definition) is 1. The molecule has 1 unspecified atom stereocenters. The highest BCUT2D eigenvalue weighted by atomic mass is 19.4. The van der Waals surface area contributed by atoms with Crippen molar-refractivity contribution in [2.45, 2.75) is 12.6 Å². The van der Waals surface area contributed by atoms with Crippen molar-refractivity contribution < 1.29 is 27.1 Å². The van der Waals surface area contributed by atoms with Gasteiger partial charge in [-0.15, -0.1) is 0 Å². The fourth-order valence-corrected chi connectivity index (χ4v) is 3.83. The molecule has 2 aromatic carbocycles. The van der Waals surface area contributed by atoms with E-state index in [9.17, 15) is 22.4 Å². The maximum atomic E-state index is 13.1. The molecule has 3 aromatic rings. The monoisotopic (exact) mass is 462 g/mol. The molecule has 1 saturated heterocycles. The number of ether oxygens (including phenoxy) is 1. The van der Waals surface area contributed by atoms with E-state index in [-0.39, 0.29) is 28.9 Å². The van der Waals surface area contributed by atoms with Gasteiger partial charge in [0.25, 0.3) is 5.91 Å². The van der Waals surface area contributed by atoms with Gasteiger partial charge in [-0.05, 0) is 54.8 Å². The zero-order chi connectivity index (χ0) is 23.6. The lowest BCUT2D eigenvalue weighted by Gasteiger charge is -2.18. The quantitative estimate of drug-likeness (QED) is 0.555. The molecule has 10 heteroatoms. The Kier molecular flexibility index (Phi) is 6.26. The lowest BCUT2D eigenvalue weighted by Crippen LogP contribution is -2.31. The number of nitrogens with zero attached hydrogens (tertiary/aromatic N) is 3. The maximum Gasteiger partial charge on any atom is 0.416 e. The maximum absolute atomic E-state index is 13.1. The van der Waals surface area contributed by atoms with Gasteiger partial charge in [-0.25, -0.2) is 9.07 Å². The number of nitrogens with one attached hydrogen (secondary N) is 1. The van der Waals surface area contributed by atoms with Gasteiger partial charge in [0.2, 0.25) is 0 Å². The molecule has 1 atom stereocenters. The standard InChI is InChI=1S/C23H22F4N4O2/c1-33-20-14-31(19-4-2-3-16(11-19)23(25,26)27)29-21(20)22(32)28-12-15-9-10-30(13-15)18-7-5-17(24)6-8-18/h2-8,11,14-15H,9-10,12-13H2,1H3,(H,28,32). The third kappa shape index (κ3) is 5.10. The highest BCUT2D eigenvalue weighted by molar-refractivity contribution is 5.95. The predicted octanol–water partition coefficient (Wildman–Crippen LogP) is 4.30. The minimum absolute atomic E-state index is 0.0108. The Morgan fingerprint density at radius 1 is 1.18 bits per heavy atom. The van der Waals surface area contributed by atoms with Crippen LogP contribution in [0, 0.1) is 11.7 Å². The van der Waals surface area contributed by atoms with Gasteiger partial charge < -0.3 is 15.0 Å². The van der Waals surface area contributed by atoms with Crippen molar-refractivity contribution in [1.82, 2.24) is 15.1 Å². The summed E-state index contributed by atoms with van der Waals surface area (Å²) in [5.74, 6) is -0.419. The van der Waals surface area contributed by atoms with Crippen LogP contribution in [0.2, 0.25) is 0 Å². The molecule has 6 nitrogen and oxygen atoms in total. The van der Waals surface area contributed by atoms with E-state index < -0.39 is 17.6 Å². The molecule has 0 bridgehead atoms. The van der Waals surface area contributed by atoms with Crippen molar-refractivity contribution in [2.24, 2.45) is 5.92 Å². The fraction of sp³-hybridized carbons (Fsp3) is 0.304. The van der Waals surface area contributed by atoms with Crippen molar-refractivity contribution >= 4 is 11.6 Å². The molecule has 4 rings (SSSR count). The third-order valence-electron chi connectivity index (χ3n) is 5.58. The van der Waals surface area contributed by atoms with Gasteiger partial charge in [-0.2, -0.15) is 18.3 Å². The third-order valence-corrected chi connectivity index (χ3v) is 5.58. The van der Waals surface area contributed by atoms with Gasteiger partial charge in [0.05, 0.1) is 24.6 Å². The SMILES string of the molecule is COc1cn(-c2cccc(C(F)(F)F)c2)nc1C(=O)NCC1CCN(c2ccc(F)cc2)C1. The Bertz CT molecular complexity index is 1130. The summed E-state index contributed by atoms with van der Waals surface area (Å²) < 4.78 is 58.6. The van der Waals surface area contributed by atoms with Crippen molar-refractivity contribution in [3.05, 3.63) is 71.8 Å². The Balaban J connectivity index is 1.42. The van der Waals surface area contributed by atoms with Crippen LogP contribution in [0.4, 0.5) is 23.2 Å². The molecule has 1 aliphatic heterocycles. The number of aromatic nitrogens is 2. The van der Waals surface area contributed by atoms with Crippen molar-refractivity contribution in [1.29, 1.82) is 0 Å². The molecular weight excluding hydrogens is 440 g/mol. The summed E-state index contributed by atoms with van der Waals surface area (Å²) in [6, 6.07) is 10.9. The van der Waals surface area contributed by atoms with Gasteiger partial charge >= 0.3 is 6.18 Å². The van der Waals surface area contributed by atoms with Gasteiger partial charge in [-0.3, -0.25) is 4.79 Å². The molecule has 1 aliphatic rings. The van der Waals surface area contributed by atoms with Crippen LogP contribution < -0.4 is 15.0 Å². The van der Waals surface area contributed by atoms with Gasteiger partial charge in [0.1, 0.15) is 5.82 Å². The molecular formula is C23H22F4N4O2. The molecule has 0 aliphatic carbocycles. The van der Waals surface area contributed by atoms with Gasteiger partial charge in [-0.1, -0.05) is 6.07 Å². The largest absolute Gasteiger partial charge is 0.493 e. The van der Waals surface area contributed by atoms with E-state index in [2.05, 4.69) is 15.3 Å². The first-order valence-electron chi connectivity index (χ1n) is 10.3. The summed E-state index contributed by atoms with van der Waals surface area (Å²) >= 11 is 0. The number of rotatable bonds is 6. The first-order chi connectivity index (χ1) is 15.7. The molecule has 1 N–H and O–H groups in total. The second-order valence-electron chi connectivity index (χ2n) is 7.83. The average molecular weight is 462 g/mol. The molecule has 1 fully saturated rings. The molecule has 1 aromatic heterocycles. The highest BCUT2D eigenvalue weighted by Gasteiger charge is 2.31. The highest BCUT2D eigenvalue weighted by Crippen LogP contribution is 2.31. The second kappa shape index (κ2) is 9.13. The van der Waals surface area contributed by atoms with Crippen molar-refractivity contribution in [3.63, 3.8) is 0 Å². The summed E-state index contributed by atoms with van der Waals surface area (Å²) in [5, 5.41) is 6.99. The predicted molar refractivity (Wildman–Crippen MR) is 114 cm³/mol. The Morgan fingerprint density at radius 2 is 1.94 bits per heavy atom. The Labute approximate surface area is 187 Å². The van der Waals surface area contributed by atoms with Crippen LogP contribution in [-0.2, 0) is 6.18 Å². The lowest BCUT2D eigenvalue weighted by atomic mass is 10.1. The number of alkyl halides is 3. The number of anilines is 1. The molecule has 0 radical (unpaired) electrons. The van der Waals surface area contributed by atoms with E-state index in [1.807, 2.05) is 0 Å². The summed E-state index contributed by atoms with van der Waals surface area (Å²) in [5.41, 5.74) is 0.260. The average Bonchev–Trinajstić information content (AvgIpc) is 3.45. The van der Waals surface area contributed by atoms with Crippen LogP contribution in [0.3, 0.4) is 0 Å². The zero-order valence-corrected chi connectivity index (χ0v) is 17.8. The van der Waals surface area contributed by atoms with E-state index in [1.165, 1.54) is 42.3 Å². The van der Waals surface area contributed by atoms with E-state index in [0.717, 1.165) is 30.8 Å². The number of carbonyl (C=O) groups excluding carboxylic acids is 1. The summed E-state index contributed by atoms with van der Waals surface area (Å²) in [6.07, 6.45) is -2.26. The second-order valence-corrected chi connectivity index (χ2v) is 7.83. The van der Waals surface area contributed by atoms with Crippen LogP contribution in [0.25, 0.3) is 5.69 Å². The number of hydrogen-bond acceptors (Lipinski definition) is 4. The topological polar surface area (TPSA) is 59.4 Å². The molecule has 0 spiro atoms. The van der Waals surface area contributed by atoms with Crippen LogP contribution >= 0.6 is 0 Å². The van der Waals surface area contributed by atoms with E-state index >= 15 is 0 Å². The summed E-state index contributed by atoms with van der Waals surface area (Å²) in [6.45, 7) is 1.90. The molecule has 0 saturated carbocycles. The molecule has 1 amide bonds. The molecule has 2 heterocycles. The first kappa shape index (κ1) is 22.6. The number of amides is 1. The zero-order valence-electron chi connectivity index (χ0n) is 17.8. The smallest absolute Gasteiger partial charge is 0.416 e. The minimum Gasteiger partial charge on any atom is -0.493 e. The number of methoxy groups -OCH3 is 1. The Hall–Kier alpha value is -3.56. The summed E-state index contributed by atoms with van der Waals surface area (Å²) in [4.78, 5) is 14.9. The van der Waals surface area contributed by atoms with Gasteiger partial charge in [0.15, 0.2) is 11.4 Å². The van der Waals surface area contributed by atoms with Crippen LogP contribution in [0.15, 0.2) is 54.7 Å². The number of benzene rings is 2. The normalized spacial score (nSPS) is 16.2. The molecule has 33 heavy (non-hydrogen) atoms. The first-order valence-corrected chi connectivity index (χ1v) is 10.3. The van der Waals surface area contributed by atoms with E-state index in [4.69, 9.17) is 4.74 Å². The van der Waals surface area contributed by atoms with Crippen LogP contribution in [0.5, 0.6) is 5.75 Å². The molecule has 174 valence electrons. The lowest BCUT2D eigenvalue weighted by molar-refractivity contribution is -0.137. The number of carbonyl (C=O) groups is 1. The van der Waals surface area contributed by atoms with Crippen molar-refractivity contribution in [2.75, 3.05) is 31.6 Å². The summed E-state index contributed by atoms with van der Waals surface area (Å²) in [7, 11) is 1.36. The minimum atomic E-state index is -4.49. The Morgan fingerprint density at radius 3 is 2.64 bits per heavy atom. The van der Waals surface area contributed by atoms with Crippen LogP contribution in [-0.4, -0.2) is 42.4 Å². The number of halogens is 4. The van der Waals surface area contributed by atoms with E-state index in [1.54, 1.807) is 12.1 Å². The van der Waals surface area contributed by atoms with Gasteiger partial charge in [0, 0.05) is 25.3 Å². The van der Waals surface area contributed by atoms with E-state index in [0.29, 0.717) is 13.1 Å². The van der Waals surface area contributed by atoms with Crippen molar-refractivity contribution in [3.8, 4) is 11.4 Å². The van der Waals surface area contributed by atoms with Crippen LogP contribution in [0.1, 0.15) is 22.5 Å².